The maximum Gasteiger partial charge on any atom is 0.188 e. The molecule has 1 rings (SSSR count). The van der Waals surface area contributed by atoms with Gasteiger partial charge in [0.25, 0.3) is 0 Å². The van der Waals surface area contributed by atoms with Crippen LogP contribution in [0.4, 0.5) is 5.69 Å². The molecule has 0 spiro atoms. The molecule has 0 aliphatic heterocycles. The smallest absolute Gasteiger partial charge is 0.188 e. The first-order chi connectivity index (χ1) is 7.83. The summed E-state index contributed by atoms with van der Waals surface area (Å²) >= 11 is 0. The molecule has 0 bridgehead atoms. The summed E-state index contributed by atoms with van der Waals surface area (Å²) in [5.74, 6) is 0. The molecule has 0 atom stereocenters. The molecule has 96 valence electrons. The predicted molar refractivity (Wildman–Crippen MR) is 77.9 cm³/mol. The second kappa shape index (κ2) is 5.69. The molecule has 0 amide bonds. The Morgan fingerprint density at radius 2 is 1.76 bits per heavy atom. The summed E-state index contributed by atoms with van der Waals surface area (Å²) in [4.78, 5) is 10.2. The fourth-order valence-electron chi connectivity index (χ4n) is 1.62. The van der Waals surface area contributed by atoms with E-state index in [2.05, 4.69) is 31.3 Å². The third kappa shape index (κ3) is 4.52. The normalized spacial score (nSPS) is 12.5. The van der Waals surface area contributed by atoms with E-state index in [1.165, 1.54) is 5.69 Å². The summed E-state index contributed by atoms with van der Waals surface area (Å²) in [6.07, 6.45) is 2.17. The van der Waals surface area contributed by atoms with Gasteiger partial charge in [0.2, 0.25) is 0 Å². The second-order valence-corrected chi connectivity index (χ2v) is 10.3. The second-order valence-electron chi connectivity index (χ2n) is 5.84. The lowest BCUT2D eigenvalue weighted by atomic mass is 10.1. The number of hydrogen-bond donors (Lipinski definition) is 2. The molecule has 0 heterocycles. The van der Waals surface area contributed by atoms with Gasteiger partial charge < -0.3 is 10.1 Å². The highest BCUT2D eigenvalue weighted by atomic mass is 28.4. The van der Waals surface area contributed by atoms with Gasteiger partial charge in [0.1, 0.15) is 0 Å². The minimum Gasteiger partial charge on any atom is -0.432 e. The van der Waals surface area contributed by atoms with E-state index in [4.69, 9.17) is 0 Å². The number of hydrogen-bond acceptors (Lipinski definition) is 2. The molecule has 0 saturated carbocycles. The Labute approximate surface area is 106 Å². The Hall–Kier alpha value is -0.803. The number of anilines is 1. The van der Waals surface area contributed by atoms with Crippen molar-refractivity contribution in [1.82, 2.24) is 0 Å². The number of nitrogens with one attached hydrogen (secondary N) is 1. The molecule has 0 aliphatic carbocycles. The van der Waals surface area contributed by atoms with Crippen LogP contribution in [0.3, 0.4) is 0 Å². The Kier molecular flexibility index (Phi) is 4.77. The fourth-order valence-corrected chi connectivity index (χ4v) is 2.41. The molecule has 0 aliphatic rings. The topological polar surface area (TPSA) is 32.3 Å². The van der Waals surface area contributed by atoms with Crippen molar-refractivity contribution in [2.75, 3.05) is 11.9 Å². The monoisotopic (exact) mass is 251 g/mol. The molecule has 2 nitrogen and oxygen atoms in total. The maximum absolute atomic E-state index is 10.2. The number of benzene rings is 1. The van der Waals surface area contributed by atoms with Crippen molar-refractivity contribution in [2.45, 2.75) is 44.8 Å². The van der Waals surface area contributed by atoms with E-state index in [1.807, 2.05) is 31.3 Å². The van der Waals surface area contributed by atoms with Crippen molar-refractivity contribution in [2.24, 2.45) is 0 Å². The van der Waals surface area contributed by atoms with Gasteiger partial charge in [-0.1, -0.05) is 32.0 Å². The molecule has 0 unspecified atom stereocenters. The van der Waals surface area contributed by atoms with E-state index in [0.29, 0.717) is 0 Å². The van der Waals surface area contributed by atoms with Crippen molar-refractivity contribution >= 4 is 14.0 Å². The van der Waals surface area contributed by atoms with Gasteiger partial charge in [0, 0.05) is 12.2 Å². The summed E-state index contributed by atoms with van der Waals surface area (Å²) in [6.45, 7) is 9.39. The average molecular weight is 251 g/mol. The number of para-hydroxylation sites is 1. The van der Waals surface area contributed by atoms with E-state index in [9.17, 15) is 4.80 Å². The van der Waals surface area contributed by atoms with Crippen molar-refractivity contribution < 1.29 is 4.80 Å². The van der Waals surface area contributed by atoms with Crippen molar-refractivity contribution in [1.29, 1.82) is 0 Å². The summed E-state index contributed by atoms with van der Waals surface area (Å²) in [5.41, 5.74) is 1.17. The lowest BCUT2D eigenvalue weighted by Gasteiger charge is -2.35. The standard InChI is InChI=1S/C14H25NOSi/c1-14(2,17(3,4)16)11-8-12-15-13-9-6-5-7-10-13/h5-7,9-10,15-16H,8,11-12H2,1-4H3. The van der Waals surface area contributed by atoms with Gasteiger partial charge in [0.15, 0.2) is 8.32 Å². The molecule has 0 saturated heterocycles. The largest absolute Gasteiger partial charge is 0.432 e. The van der Waals surface area contributed by atoms with Crippen LogP contribution in [0.1, 0.15) is 26.7 Å². The molecular weight excluding hydrogens is 226 g/mol. The zero-order valence-electron chi connectivity index (χ0n) is 11.5. The Balaban J connectivity index is 2.30. The lowest BCUT2D eigenvalue weighted by molar-refractivity contribution is 0.446. The van der Waals surface area contributed by atoms with Crippen LogP contribution in [0, 0.1) is 0 Å². The SMILES string of the molecule is CC(C)(CCCNc1ccccc1)[Si](C)(C)O. The van der Waals surface area contributed by atoms with E-state index >= 15 is 0 Å². The van der Waals surface area contributed by atoms with E-state index in [-0.39, 0.29) is 5.04 Å². The Morgan fingerprint density at radius 3 is 2.29 bits per heavy atom. The fraction of sp³-hybridized carbons (Fsp3) is 0.571. The molecule has 17 heavy (non-hydrogen) atoms. The van der Waals surface area contributed by atoms with Crippen LogP contribution < -0.4 is 5.32 Å². The van der Waals surface area contributed by atoms with Gasteiger partial charge in [-0.05, 0) is 43.1 Å². The van der Waals surface area contributed by atoms with Crippen LogP contribution in [-0.2, 0) is 0 Å². The van der Waals surface area contributed by atoms with Gasteiger partial charge in [-0.2, -0.15) is 0 Å². The van der Waals surface area contributed by atoms with Crippen LogP contribution in [0.15, 0.2) is 30.3 Å². The third-order valence-electron chi connectivity index (χ3n) is 3.74. The highest BCUT2D eigenvalue weighted by Crippen LogP contribution is 2.39. The zero-order valence-corrected chi connectivity index (χ0v) is 12.5. The average Bonchev–Trinajstić information content (AvgIpc) is 2.24. The molecule has 2 N–H and O–H groups in total. The molecule has 0 fully saturated rings. The van der Waals surface area contributed by atoms with Gasteiger partial charge in [-0.25, -0.2) is 0 Å². The van der Waals surface area contributed by atoms with Crippen LogP contribution in [0.2, 0.25) is 18.1 Å². The molecule has 1 aromatic carbocycles. The van der Waals surface area contributed by atoms with Crippen LogP contribution in [0.25, 0.3) is 0 Å². The third-order valence-corrected chi connectivity index (χ3v) is 7.30. The Morgan fingerprint density at radius 1 is 1.18 bits per heavy atom. The summed E-state index contributed by atoms with van der Waals surface area (Å²) < 4.78 is 0. The first kappa shape index (κ1) is 14.3. The van der Waals surface area contributed by atoms with Crippen LogP contribution in [0.5, 0.6) is 0 Å². The van der Waals surface area contributed by atoms with E-state index in [0.717, 1.165) is 19.4 Å². The molecule has 0 radical (unpaired) electrons. The van der Waals surface area contributed by atoms with Gasteiger partial charge >= 0.3 is 0 Å². The molecule has 3 heteroatoms. The molecule has 1 aromatic rings. The minimum atomic E-state index is -2.04. The summed E-state index contributed by atoms with van der Waals surface area (Å²) in [7, 11) is -2.04. The van der Waals surface area contributed by atoms with E-state index < -0.39 is 8.32 Å². The lowest BCUT2D eigenvalue weighted by Crippen LogP contribution is -2.39. The first-order valence-corrected chi connectivity index (χ1v) is 9.29. The first-order valence-electron chi connectivity index (χ1n) is 6.34. The van der Waals surface area contributed by atoms with Gasteiger partial charge in [-0.3, -0.25) is 0 Å². The molecule has 0 aromatic heterocycles. The minimum absolute atomic E-state index is 0.0887. The van der Waals surface area contributed by atoms with Crippen molar-refractivity contribution in [3.63, 3.8) is 0 Å². The highest BCUT2D eigenvalue weighted by Gasteiger charge is 2.37. The zero-order chi connectivity index (χ0) is 12.9. The summed E-state index contributed by atoms with van der Waals surface area (Å²) in [5, 5.41) is 3.49. The molecular formula is C14H25NOSi. The van der Waals surface area contributed by atoms with Gasteiger partial charge in [-0.15, -0.1) is 0 Å². The highest BCUT2D eigenvalue weighted by molar-refractivity contribution is 6.72. The number of rotatable bonds is 6. The van der Waals surface area contributed by atoms with E-state index in [1.54, 1.807) is 0 Å². The van der Waals surface area contributed by atoms with Crippen LogP contribution in [-0.4, -0.2) is 19.7 Å². The quantitative estimate of drug-likeness (QED) is 0.594. The predicted octanol–water partition coefficient (Wildman–Crippen LogP) is 3.86. The van der Waals surface area contributed by atoms with Crippen molar-refractivity contribution in [3.05, 3.63) is 30.3 Å². The van der Waals surface area contributed by atoms with Crippen molar-refractivity contribution in [3.8, 4) is 0 Å². The summed E-state index contributed by atoms with van der Waals surface area (Å²) in [6, 6.07) is 10.3. The van der Waals surface area contributed by atoms with Crippen LogP contribution >= 0.6 is 0 Å². The van der Waals surface area contributed by atoms with Gasteiger partial charge in [0.05, 0.1) is 0 Å². The Bertz CT molecular complexity index is 330. The maximum atomic E-state index is 10.2.